The van der Waals surface area contributed by atoms with Gasteiger partial charge in [0.1, 0.15) is 0 Å². The van der Waals surface area contributed by atoms with Crippen molar-refractivity contribution in [3.05, 3.63) is 34.1 Å². The number of rotatable bonds is 1. The second-order valence-corrected chi connectivity index (χ2v) is 1.73. The summed E-state index contributed by atoms with van der Waals surface area (Å²) in [5.74, 6) is 0. The SMILES string of the molecule is Cc1cccn1[N+](=O)[O-]. The molecule has 0 aliphatic heterocycles. The van der Waals surface area contributed by atoms with E-state index in [-0.39, 0.29) is 0 Å². The molecule has 0 radical (unpaired) electrons. The highest BCUT2D eigenvalue weighted by Gasteiger charge is 2.01. The van der Waals surface area contributed by atoms with Gasteiger partial charge >= 0.3 is 0 Å². The lowest BCUT2D eigenvalue weighted by atomic mass is 10.5. The first-order chi connectivity index (χ1) is 4.22. The maximum Gasteiger partial charge on any atom is 0.169 e. The van der Waals surface area contributed by atoms with Crippen LogP contribution >= 0.6 is 0 Å². The Hall–Kier alpha value is -1.32. The number of nitro groups is 1. The van der Waals surface area contributed by atoms with E-state index in [1.807, 2.05) is 0 Å². The summed E-state index contributed by atoms with van der Waals surface area (Å²) < 4.78 is 0.972. The molecule has 0 aromatic carbocycles. The molecule has 1 aromatic heterocycles. The van der Waals surface area contributed by atoms with Gasteiger partial charge in [0.25, 0.3) is 0 Å². The van der Waals surface area contributed by atoms with E-state index < -0.39 is 5.03 Å². The largest absolute Gasteiger partial charge is 0.234 e. The minimum atomic E-state index is -0.463. The summed E-state index contributed by atoms with van der Waals surface area (Å²) >= 11 is 0. The van der Waals surface area contributed by atoms with Crippen LogP contribution in [0.1, 0.15) is 5.69 Å². The number of aryl methyl sites for hydroxylation is 1. The zero-order valence-corrected chi connectivity index (χ0v) is 4.94. The van der Waals surface area contributed by atoms with Crippen LogP contribution in [-0.4, -0.2) is 9.71 Å². The minimum absolute atomic E-state index is 0.463. The van der Waals surface area contributed by atoms with Crippen molar-refractivity contribution in [1.29, 1.82) is 0 Å². The number of hydrogen-bond acceptors (Lipinski definition) is 2. The molecule has 1 rings (SSSR count). The highest BCUT2D eigenvalue weighted by Crippen LogP contribution is 1.96. The van der Waals surface area contributed by atoms with E-state index in [1.54, 1.807) is 19.1 Å². The first-order valence-corrected chi connectivity index (χ1v) is 2.50. The molecule has 0 saturated carbocycles. The second-order valence-electron chi connectivity index (χ2n) is 1.73. The van der Waals surface area contributed by atoms with Gasteiger partial charge in [0.15, 0.2) is 5.03 Å². The molecule has 4 nitrogen and oxygen atoms in total. The zero-order chi connectivity index (χ0) is 6.85. The number of aromatic nitrogens is 1. The van der Waals surface area contributed by atoms with Crippen molar-refractivity contribution >= 4 is 0 Å². The maximum absolute atomic E-state index is 10.1. The van der Waals surface area contributed by atoms with E-state index in [9.17, 15) is 10.1 Å². The lowest BCUT2D eigenvalue weighted by Gasteiger charge is -1.89. The number of hydrogen-bond donors (Lipinski definition) is 0. The summed E-state index contributed by atoms with van der Waals surface area (Å²) in [4.78, 5) is 10.1. The van der Waals surface area contributed by atoms with Crippen molar-refractivity contribution in [2.45, 2.75) is 6.92 Å². The van der Waals surface area contributed by atoms with Crippen LogP contribution in [0.25, 0.3) is 0 Å². The zero-order valence-electron chi connectivity index (χ0n) is 4.94. The van der Waals surface area contributed by atoms with Gasteiger partial charge in [-0.3, -0.25) is 0 Å². The van der Waals surface area contributed by atoms with Crippen molar-refractivity contribution in [2.75, 3.05) is 0 Å². The van der Waals surface area contributed by atoms with Crippen molar-refractivity contribution < 1.29 is 5.03 Å². The third-order valence-corrected chi connectivity index (χ3v) is 1.10. The Bertz CT molecular complexity index is 229. The summed E-state index contributed by atoms with van der Waals surface area (Å²) in [5.41, 5.74) is 0.639. The minimum Gasteiger partial charge on any atom is -0.234 e. The molecule has 0 aliphatic carbocycles. The quantitative estimate of drug-likeness (QED) is 0.413. The van der Waals surface area contributed by atoms with Crippen molar-refractivity contribution in [3.63, 3.8) is 0 Å². The Balaban J connectivity index is 3.08. The van der Waals surface area contributed by atoms with Crippen LogP contribution in [0.2, 0.25) is 0 Å². The van der Waals surface area contributed by atoms with Crippen molar-refractivity contribution in [1.82, 2.24) is 4.68 Å². The Morgan fingerprint density at radius 2 is 2.44 bits per heavy atom. The van der Waals surface area contributed by atoms with Crippen molar-refractivity contribution in [3.8, 4) is 0 Å². The van der Waals surface area contributed by atoms with Gasteiger partial charge in [-0.25, -0.2) is 10.1 Å². The van der Waals surface area contributed by atoms with Crippen molar-refractivity contribution in [2.24, 2.45) is 0 Å². The van der Waals surface area contributed by atoms with Gasteiger partial charge in [-0.2, -0.15) is 0 Å². The van der Waals surface area contributed by atoms with Gasteiger partial charge < -0.3 is 0 Å². The van der Waals surface area contributed by atoms with E-state index in [4.69, 9.17) is 0 Å². The summed E-state index contributed by atoms with van der Waals surface area (Å²) in [6.07, 6.45) is 1.41. The topological polar surface area (TPSA) is 48.1 Å². The highest BCUT2D eigenvalue weighted by atomic mass is 16.7. The highest BCUT2D eigenvalue weighted by molar-refractivity contribution is 5.01. The predicted octanol–water partition coefficient (Wildman–Crippen LogP) is 0.836. The lowest BCUT2D eigenvalue weighted by molar-refractivity contribution is -0.543. The molecule has 0 atom stereocenters. The molecule has 1 heterocycles. The van der Waals surface area contributed by atoms with E-state index in [0.717, 1.165) is 4.68 Å². The van der Waals surface area contributed by atoms with Gasteiger partial charge in [0.05, 0.1) is 11.9 Å². The molecule has 0 spiro atoms. The van der Waals surface area contributed by atoms with E-state index in [1.165, 1.54) is 6.20 Å². The van der Waals surface area contributed by atoms with Gasteiger partial charge in [-0.15, -0.1) is 0 Å². The van der Waals surface area contributed by atoms with E-state index >= 15 is 0 Å². The summed E-state index contributed by atoms with van der Waals surface area (Å²) in [5, 5.41) is 9.59. The molecule has 0 aliphatic rings. The third kappa shape index (κ3) is 0.910. The Labute approximate surface area is 51.8 Å². The molecule has 1 aromatic rings. The molecule has 0 N–H and O–H groups in total. The fraction of sp³-hybridized carbons (Fsp3) is 0.200. The Kier molecular flexibility index (Phi) is 1.22. The smallest absolute Gasteiger partial charge is 0.169 e. The first kappa shape index (κ1) is 5.81. The molecule has 48 valence electrons. The molecular formula is C5H6N2O2. The fourth-order valence-electron chi connectivity index (χ4n) is 0.641. The fourth-order valence-corrected chi connectivity index (χ4v) is 0.641. The maximum atomic E-state index is 10.1. The molecule has 0 bridgehead atoms. The summed E-state index contributed by atoms with van der Waals surface area (Å²) in [6.45, 7) is 1.68. The summed E-state index contributed by atoms with van der Waals surface area (Å²) in [6, 6.07) is 3.32. The number of nitrogens with zero attached hydrogens (tertiary/aromatic N) is 2. The van der Waals surface area contributed by atoms with Gasteiger partial charge in [-0.05, 0) is 19.1 Å². The van der Waals surface area contributed by atoms with Crippen LogP contribution in [0.15, 0.2) is 18.3 Å². The molecule has 0 saturated heterocycles. The molecular weight excluding hydrogens is 120 g/mol. The average Bonchev–Trinajstić information content (AvgIpc) is 2.13. The predicted molar refractivity (Wildman–Crippen MR) is 31.6 cm³/mol. The van der Waals surface area contributed by atoms with Crippen LogP contribution in [0.4, 0.5) is 0 Å². The van der Waals surface area contributed by atoms with E-state index in [0.29, 0.717) is 5.69 Å². The molecule has 0 unspecified atom stereocenters. The average molecular weight is 126 g/mol. The molecule has 0 fully saturated rings. The molecule has 0 amide bonds. The van der Waals surface area contributed by atoms with Gasteiger partial charge in [0, 0.05) is 0 Å². The van der Waals surface area contributed by atoms with Crippen LogP contribution < -0.4 is 0 Å². The van der Waals surface area contributed by atoms with Crippen LogP contribution in [0.3, 0.4) is 0 Å². The normalized spacial score (nSPS) is 9.44. The summed E-state index contributed by atoms with van der Waals surface area (Å²) in [7, 11) is 0. The standard InChI is InChI=1S/C5H6N2O2/c1-5-3-2-4-6(5)7(8)9/h2-4H,1H3. The van der Waals surface area contributed by atoms with Crippen LogP contribution in [0, 0.1) is 17.0 Å². The van der Waals surface area contributed by atoms with Gasteiger partial charge in [-0.1, -0.05) is 4.68 Å². The lowest BCUT2D eigenvalue weighted by Crippen LogP contribution is -2.07. The molecule has 9 heavy (non-hydrogen) atoms. The second kappa shape index (κ2) is 1.89. The Morgan fingerprint density at radius 1 is 1.78 bits per heavy atom. The Morgan fingerprint density at radius 3 is 2.67 bits per heavy atom. The van der Waals surface area contributed by atoms with E-state index in [2.05, 4.69) is 0 Å². The first-order valence-electron chi connectivity index (χ1n) is 2.50. The molecule has 4 heteroatoms. The van der Waals surface area contributed by atoms with Crippen LogP contribution in [0.5, 0.6) is 0 Å². The van der Waals surface area contributed by atoms with Gasteiger partial charge in [0.2, 0.25) is 0 Å². The third-order valence-electron chi connectivity index (χ3n) is 1.10. The monoisotopic (exact) mass is 126 g/mol. The van der Waals surface area contributed by atoms with Crippen LogP contribution in [-0.2, 0) is 0 Å².